The Balaban J connectivity index is 1.91. The molecule has 3 heterocycles. The molecule has 0 fully saturated rings. The predicted molar refractivity (Wildman–Crippen MR) is 87.8 cm³/mol. The van der Waals surface area contributed by atoms with Crippen molar-refractivity contribution in [1.29, 1.82) is 0 Å². The minimum Gasteiger partial charge on any atom is -0.464 e. The molecule has 4 heteroatoms. The van der Waals surface area contributed by atoms with Gasteiger partial charge in [0, 0.05) is 21.9 Å². The monoisotopic (exact) mass is 307 g/mol. The summed E-state index contributed by atoms with van der Waals surface area (Å²) in [6.45, 7) is 5.23. The first-order valence-electron chi connectivity index (χ1n) is 7.33. The molecule has 0 amide bonds. The smallest absolute Gasteiger partial charge is 0.126 e. The Kier molecular flexibility index (Phi) is 4.54. The van der Waals surface area contributed by atoms with E-state index in [-0.39, 0.29) is 6.04 Å². The van der Waals surface area contributed by atoms with E-state index in [9.17, 15) is 0 Å². The molecule has 2 aromatic heterocycles. The van der Waals surface area contributed by atoms with Gasteiger partial charge in [-0.15, -0.1) is 11.3 Å². The first-order valence-corrected chi connectivity index (χ1v) is 9.30. The van der Waals surface area contributed by atoms with E-state index in [4.69, 9.17) is 4.42 Å². The Morgan fingerprint density at radius 3 is 2.95 bits per heavy atom. The molecule has 0 radical (unpaired) electrons. The SMILES string of the molecule is CCNC(c1ccc(CC)o1)c1cc2c(s1)CCSC2. The third kappa shape index (κ3) is 2.83. The number of furan rings is 1. The highest BCUT2D eigenvalue weighted by Gasteiger charge is 2.22. The molecule has 0 aromatic carbocycles. The van der Waals surface area contributed by atoms with Gasteiger partial charge in [0.25, 0.3) is 0 Å². The molecule has 2 aromatic rings. The van der Waals surface area contributed by atoms with Gasteiger partial charge in [0.1, 0.15) is 17.6 Å². The molecule has 0 saturated carbocycles. The largest absolute Gasteiger partial charge is 0.464 e. The second kappa shape index (κ2) is 6.37. The number of hydrogen-bond acceptors (Lipinski definition) is 4. The van der Waals surface area contributed by atoms with Crippen LogP contribution >= 0.6 is 23.1 Å². The maximum Gasteiger partial charge on any atom is 0.126 e. The summed E-state index contributed by atoms with van der Waals surface area (Å²) in [5, 5.41) is 3.57. The van der Waals surface area contributed by atoms with Gasteiger partial charge in [0.05, 0.1) is 0 Å². The molecule has 108 valence electrons. The van der Waals surface area contributed by atoms with Crippen LogP contribution in [0.25, 0.3) is 0 Å². The van der Waals surface area contributed by atoms with E-state index in [1.165, 1.54) is 28.4 Å². The number of aryl methyl sites for hydroxylation is 2. The number of hydrogen-bond donors (Lipinski definition) is 1. The lowest BCUT2D eigenvalue weighted by Crippen LogP contribution is -2.20. The minimum atomic E-state index is 0.209. The van der Waals surface area contributed by atoms with Gasteiger partial charge < -0.3 is 9.73 Å². The standard InChI is InChI=1S/C16H21NOS2/c1-3-12-5-6-13(18-12)16(17-4-2)15-9-11-10-19-8-7-14(11)20-15/h5-6,9,16-17H,3-4,7-8,10H2,1-2H3. The minimum absolute atomic E-state index is 0.209. The van der Waals surface area contributed by atoms with E-state index in [1.807, 2.05) is 23.1 Å². The molecule has 0 aliphatic carbocycles. The molecular weight excluding hydrogens is 286 g/mol. The van der Waals surface area contributed by atoms with Crippen LogP contribution in [0.2, 0.25) is 0 Å². The average Bonchev–Trinajstić information content (AvgIpc) is 3.10. The third-order valence-corrected chi connectivity index (χ3v) is 5.96. The van der Waals surface area contributed by atoms with Gasteiger partial charge in [-0.25, -0.2) is 0 Å². The van der Waals surface area contributed by atoms with Crippen molar-refractivity contribution < 1.29 is 4.42 Å². The Morgan fingerprint density at radius 2 is 2.25 bits per heavy atom. The first kappa shape index (κ1) is 14.2. The van der Waals surface area contributed by atoms with E-state index < -0.39 is 0 Å². The zero-order chi connectivity index (χ0) is 13.9. The van der Waals surface area contributed by atoms with E-state index in [1.54, 1.807) is 4.88 Å². The molecule has 1 aliphatic rings. The van der Waals surface area contributed by atoms with Crippen LogP contribution in [0.3, 0.4) is 0 Å². The zero-order valence-corrected chi connectivity index (χ0v) is 13.7. The number of thioether (sulfide) groups is 1. The van der Waals surface area contributed by atoms with Gasteiger partial charge >= 0.3 is 0 Å². The van der Waals surface area contributed by atoms with Gasteiger partial charge in [0.2, 0.25) is 0 Å². The van der Waals surface area contributed by atoms with Crippen molar-refractivity contribution in [3.63, 3.8) is 0 Å². The van der Waals surface area contributed by atoms with Crippen molar-refractivity contribution in [2.24, 2.45) is 0 Å². The lowest BCUT2D eigenvalue weighted by Gasteiger charge is -2.13. The molecule has 1 unspecified atom stereocenters. The second-order valence-corrected chi connectivity index (χ2v) is 7.32. The van der Waals surface area contributed by atoms with Crippen LogP contribution in [0.15, 0.2) is 22.6 Å². The number of thiophene rings is 1. The maximum absolute atomic E-state index is 5.97. The zero-order valence-electron chi connectivity index (χ0n) is 12.1. The molecule has 0 saturated heterocycles. The van der Waals surface area contributed by atoms with Crippen LogP contribution < -0.4 is 5.32 Å². The van der Waals surface area contributed by atoms with E-state index in [0.29, 0.717) is 0 Å². The fourth-order valence-electron chi connectivity index (χ4n) is 2.60. The van der Waals surface area contributed by atoms with Crippen LogP contribution in [0, 0.1) is 0 Å². The lowest BCUT2D eigenvalue weighted by molar-refractivity contribution is 0.428. The fraction of sp³-hybridized carbons (Fsp3) is 0.500. The molecule has 1 atom stereocenters. The van der Waals surface area contributed by atoms with Crippen LogP contribution in [0.4, 0.5) is 0 Å². The lowest BCUT2D eigenvalue weighted by atomic mass is 10.1. The fourth-order valence-corrected chi connectivity index (χ4v) is 5.06. The third-order valence-electron chi connectivity index (χ3n) is 3.65. The van der Waals surface area contributed by atoms with Crippen LogP contribution in [0.5, 0.6) is 0 Å². The van der Waals surface area contributed by atoms with Crippen molar-refractivity contribution in [2.45, 2.75) is 38.5 Å². The summed E-state index contributed by atoms with van der Waals surface area (Å²) in [7, 11) is 0. The summed E-state index contributed by atoms with van der Waals surface area (Å²) >= 11 is 4.00. The number of rotatable bonds is 5. The van der Waals surface area contributed by atoms with Gasteiger partial charge in [-0.05, 0) is 42.5 Å². The van der Waals surface area contributed by atoms with Crippen molar-refractivity contribution in [3.8, 4) is 0 Å². The first-order chi connectivity index (χ1) is 9.81. The molecular formula is C16H21NOS2. The maximum atomic E-state index is 5.97. The van der Waals surface area contributed by atoms with Crippen LogP contribution in [-0.2, 0) is 18.6 Å². The average molecular weight is 307 g/mol. The van der Waals surface area contributed by atoms with E-state index in [2.05, 4.69) is 37.4 Å². The normalized spacial score (nSPS) is 16.1. The van der Waals surface area contributed by atoms with Gasteiger partial charge in [-0.3, -0.25) is 0 Å². The Bertz CT molecular complexity index is 549. The Morgan fingerprint density at radius 1 is 1.35 bits per heavy atom. The molecule has 1 aliphatic heterocycles. The van der Waals surface area contributed by atoms with Gasteiger partial charge in [0.15, 0.2) is 0 Å². The highest BCUT2D eigenvalue weighted by atomic mass is 32.2. The summed E-state index contributed by atoms with van der Waals surface area (Å²) in [6, 6.07) is 6.82. The second-order valence-electron chi connectivity index (χ2n) is 5.05. The van der Waals surface area contributed by atoms with E-state index >= 15 is 0 Å². The summed E-state index contributed by atoms with van der Waals surface area (Å²) < 4.78 is 5.97. The molecule has 2 nitrogen and oxygen atoms in total. The highest BCUT2D eigenvalue weighted by Crippen LogP contribution is 2.36. The Labute approximate surface area is 129 Å². The quantitative estimate of drug-likeness (QED) is 0.887. The summed E-state index contributed by atoms with van der Waals surface area (Å²) in [6.07, 6.45) is 2.18. The van der Waals surface area contributed by atoms with Crippen molar-refractivity contribution in [2.75, 3.05) is 12.3 Å². The van der Waals surface area contributed by atoms with Gasteiger partial charge in [-0.1, -0.05) is 13.8 Å². The number of nitrogens with one attached hydrogen (secondary N) is 1. The van der Waals surface area contributed by atoms with Crippen LogP contribution in [0.1, 0.15) is 46.7 Å². The molecule has 3 rings (SSSR count). The topological polar surface area (TPSA) is 25.2 Å². The summed E-state index contributed by atoms with van der Waals surface area (Å²) in [5.74, 6) is 4.55. The van der Waals surface area contributed by atoms with Crippen molar-refractivity contribution >= 4 is 23.1 Å². The van der Waals surface area contributed by atoms with E-state index in [0.717, 1.165) is 24.5 Å². The van der Waals surface area contributed by atoms with Crippen molar-refractivity contribution in [3.05, 3.63) is 45.0 Å². The Hall–Kier alpha value is -0.710. The molecule has 20 heavy (non-hydrogen) atoms. The molecule has 0 spiro atoms. The summed E-state index contributed by atoms with van der Waals surface area (Å²) in [4.78, 5) is 2.97. The van der Waals surface area contributed by atoms with Gasteiger partial charge in [-0.2, -0.15) is 11.8 Å². The predicted octanol–water partition coefficient (Wildman–Crippen LogP) is 4.39. The molecule has 0 bridgehead atoms. The summed E-state index contributed by atoms with van der Waals surface area (Å²) in [5.41, 5.74) is 1.53. The van der Waals surface area contributed by atoms with Crippen LogP contribution in [-0.4, -0.2) is 12.3 Å². The van der Waals surface area contributed by atoms with Crippen molar-refractivity contribution in [1.82, 2.24) is 5.32 Å². The number of fused-ring (bicyclic) bond motifs is 1. The molecule has 1 N–H and O–H groups in total. The highest BCUT2D eigenvalue weighted by molar-refractivity contribution is 7.98.